The number of halogens is 2. The van der Waals surface area contributed by atoms with E-state index in [2.05, 4.69) is 5.10 Å². The molecule has 1 heterocycles. The number of carboxylic acids is 1. The summed E-state index contributed by atoms with van der Waals surface area (Å²) in [6.07, 6.45) is 0. The van der Waals surface area contributed by atoms with E-state index in [1.165, 1.54) is 4.68 Å². The van der Waals surface area contributed by atoms with Gasteiger partial charge in [0, 0.05) is 10.6 Å². The average Bonchev–Trinajstić information content (AvgIpc) is 2.87. The summed E-state index contributed by atoms with van der Waals surface area (Å²) in [5, 5.41) is 14.4. The summed E-state index contributed by atoms with van der Waals surface area (Å²) in [5.41, 5.74) is 1.63. The van der Waals surface area contributed by atoms with Crippen LogP contribution in [0.2, 0.25) is 10.2 Å². The lowest BCUT2D eigenvalue weighted by Crippen LogP contribution is -1.99. The lowest BCUT2D eigenvalue weighted by Gasteiger charge is -2.02. The van der Waals surface area contributed by atoms with Crippen LogP contribution in [0.25, 0.3) is 16.9 Å². The molecule has 3 rings (SSSR count). The summed E-state index contributed by atoms with van der Waals surface area (Å²) in [6.45, 7) is 0. The van der Waals surface area contributed by atoms with Crippen molar-refractivity contribution in [2.45, 2.75) is 0 Å². The number of aromatic nitrogens is 2. The van der Waals surface area contributed by atoms with Crippen molar-refractivity contribution in [2.75, 3.05) is 0 Å². The van der Waals surface area contributed by atoms with Crippen LogP contribution in [0.1, 0.15) is 10.4 Å². The van der Waals surface area contributed by atoms with E-state index in [1.807, 2.05) is 18.2 Å². The fourth-order valence-corrected chi connectivity index (χ4v) is 2.57. The van der Waals surface area contributed by atoms with Gasteiger partial charge in [-0.15, -0.1) is 0 Å². The van der Waals surface area contributed by atoms with Crippen molar-refractivity contribution in [3.63, 3.8) is 0 Å². The second kappa shape index (κ2) is 5.83. The summed E-state index contributed by atoms with van der Waals surface area (Å²) in [4.78, 5) is 11.6. The second-order valence-corrected chi connectivity index (χ2v) is 5.37. The highest BCUT2D eigenvalue weighted by Crippen LogP contribution is 2.31. The van der Waals surface area contributed by atoms with Gasteiger partial charge in [-0.05, 0) is 24.3 Å². The normalized spacial score (nSPS) is 10.6. The topological polar surface area (TPSA) is 55.1 Å². The molecule has 0 saturated carbocycles. The van der Waals surface area contributed by atoms with Gasteiger partial charge < -0.3 is 5.11 Å². The molecule has 4 nitrogen and oxygen atoms in total. The minimum atomic E-state index is -1.12. The Morgan fingerprint density at radius 2 is 1.64 bits per heavy atom. The van der Waals surface area contributed by atoms with Crippen molar-refractivity contribution in [3.8, 4) is 16.9 Å². The standard InChI is InChI=1S/C16H10Cl2N2O2/c17-11-6-8-12(9-7-11)20-15(18)13(16(21)22)14(19-20)10-4-2-1-3-5-10/h1-9H,(H,21,22). The van der Waals surface area contributed by atoms with E-state index >= 15 is 0 Å². The molecule has 6 heteroatoms. The molecule has 0 spiro atoms. The summed E-state index contributed by atoms with van der Waals surface area (Å²) < 4.78 is 1.39. The molecule has 1 aromatic heterocycles. The zero-order valence-electron chi connectivity index (χ0n) is 11.2. The van der Waals surface area contributed by atoms with Gasteiger partial charge in [0.2, 0.25) is 0 Å². The maximum absolute atomic E-state index is 11.6. The molecule has 0 aliphatic rings. The monoisotopic (exact) mass is 332 g/mol. The van der Waals surface area contributed by atoms with Gasteiger partial charge in [0.25, 0.3) is 0 Å². The predicted octanol–water partition coefficient (Wildman–Crippen LogP) is 4.54. The Bertz CT molecular complexity index is 827. The van der Waals surface area contributed by atoms with Gasteiger partial charge >= 0.3 is 5.97 Å². The molecule has 0 aliphatic heterocycles. The van der Waals surface area contributed by atoms with Gasteiger partial charge in [0.15, 0.2) is 0 Å². The van der Waals surface area contributed by atoms with Crippen molar-refractivity contribution < 1.29 is 9.90 Å². The van der Waals surface area contributed by atoms with E-state index in [1.54, 1.807) is 36.4 Å². The van der Waals surface area contributed by atoms with Gasteiger partial charge in [-0.25, -0.2) is 9.48 Å². The van der Waals surface area contributed by atoms with Gasteiger partial charge in [-0.1, -0.05) is 53.5 Å². The van der Waals surface area contributed by atoms with E-state index in [4.69, 9.17) is 23.2 Å². The summed E-state index contributed by atoms with van der Waals surface area (Å²) in [5.74, 6) is -1.12. The number of carbonyl (C=O) groups is 1. The third-order valence-electron chi connectivity index (χ3n) is 3.16. The van der Waals surface area contributed by atoms with E-state index < -0.39 is 5.97 Å². The first-order valence-corrected chi connectivity index (χ1v) is 7.16. The van der Waals surface area contributed by atoms with Crippen LogP contribution in [0.15, 0.2) is 54.6 Å². The summed E-state index contributed by atoms with van der Waals surface area (Å²) in [7, 11) is 0. The second-order valence-electron chi connectivity index (χ2n) is 4.57. The summed E-state index contributed by atoms with van der Waals surface area (Å²) in [6, 6.07) is 15.9. The van der Waals surface area contributed by atoms with E-state index in [0.29, 0.717) is 22.0 Å². The number of benzene rings is 2. The molecule has 3 aromatic rings. The van der Waals surface area contributed by atoms with Crippen LogP contribution in [0, 0.1) is 0 Å². The highest BCUT2D eigenvalue weighted by Gasteiger charge is 2.23. The van der Waals surface area contributed by atoms with Crippen LogP contribution in [0.5, 0.6) is 0 Å². The molecule has 110 valence electrons. The molecule has 0 bridgehead atoms. The molecule has 0 aliphatic carbocycles. The molecule has 0 unspecified atom stereocenters. The number of carboxylic acid groups (broad SMARTS) is 1. The van der Waals surface area contributed by atoms with Gasteiger partial charge in [0.1, 0.15) is 16.4 Å². The van der Waals surface area contributed by atoms with Crippen molar-refractivity contribution in [3.05, 3.63) is 70.3 Å². The van der Waals surface area contributed by atoms with Gasteiger partial charge in [-0.3, -0.25) is 0 Å². The molecular formula is C16H10Cl2N2O2. The van der Waals surface area contributed by atoms with Gasteiger partial charge in [-0.2, -0.15) is 5.10 Å². The number of hydrogen-bond donors (Lipinski definition) is 1. The SMILES string of the molecule is O=C(O)c1c(-c2ccccc2)nn(-c2ccc(Cl)cc2)c1Cl. The Morgan fingerprint density at radius 1 is 1.00 bits per heavy atom. The Kier molecular flexibility index (Phi) is 3.88. The van der Waals surface area contributed by atoms with Gasteiger partial charge in [0.05, 0.1) is 5.69 Å². The Hall–Kier alpha value is -2.30. The summed E-state index contributed by atoms with van der Waals surface area (Å²) >= 11 is 12.1. The number of nitrogens with zero attached hydrogens (tertiary/aromatic N) is 2. The maximum Gasteiger partial charge on any atom is 0.341 e. The van der Waals surface area contributed by atoms with E-state index in [-0.39, 0.29) is 10.7 Å². The highest BCUT2D eigenvalue weighted by molar-refractivity contribution is 6.33. The van der Waals surface area contributed by atoms with E-state index in [0.717, 1.165) is 0 Å². The Balaban J connectivity index is 2.22. The molecule has 0 radical (unpaired) electrons. The first kappa shape index (κ1) is 14.6. The smallest absolute Gasteiger partial charge is 0.341 e. The highest BCUT2D eigenvalue weighted by atomic mass is 35.5. The molecule has 0 amide bonds. The van der Waals surface area contributed by atoms with Crippen LogP contribution in [-0.4, -0.2) is 20.9 Å². The quantitative estimate of drug-likeness (QED) is 0.765. The minimum Gasteiger partial charge on any atom is -0.478 e. The van der Waals surface area contributed by atoms with Crippen LogP contribution in [0.4, 0.5) is 0 Å². The number of rotatable bonds is 3. The predicted molar refractivity (Wildman–Crippen MR) is 86.0 cm³/mol. The first-order valence-electron chi connectivity index (χ1n) is 6.41. The molecule has 1 N–H and O–H groups in total. The average molecular weight is 333 g/mol. The molecule has 0 atom stereocenters. The molecule has 0 saturated heterocycles. The molecule has 2 aromatic carbocycles. The van der Waals surface area contributed by atoms with E-state index in [9.17, 15) is 9.90 Å². The zero-order valence-corrected chi connectivity index (χ0v) is 12.7. The lowest BCUT2D eigenvalue weighted by atomic mass is 10.1. The zero-order chi connectivity index (χ0) is 15.7. The van der Waals surface area contributed by atoms with Crippen LogP contribution in [0.3, 0.4) is 0 Å². The van der Waals surface area contributed by atoms with Crippen LogP contribution < -0.4 is 0 Å². The fraction of sp³-hybridized carbons (Fsp3) is 0. The number of hydrogen-bond acceptors (Lipinski definition) is 2. The maximum atomic E-state index is 11.6. The number of aromatic carboxylic acids is 1. The Morgan fingerprint density at radius 3 is 2.23 bits per heavy atom. The minimum absolute atomic E-state index is 0.0252. The van der Waals surface area contributed by atoms with Crippen molar-refractivity contribution >= 4 is 29.2 Å². The molecule has 0 fully saturated rings. The lowest BCUT2D eigenvalue weighted by molar-refractivity contribution is 0.0698. The van der Waals surface area contributed by atoms with Crippen LogP contribution in [-0.2, 0) is 0 Å². The molecular weight excluding hydrogens is 323 g/mol. The third kappa shape index (κ3) is 2.58. The largest absolute Gasteiger partial charge is 0.478 e. The Labute approximate surface area is 136 Å². The first-order chi connectivity index (χ1) is 10.6. The van der Waals surface area contributed by atoms with Crippen molar-refractivity contribution in [1.82, 2.24) is 9.78 Å². The van der Waals surface area contributed by atoms with Crippen molar-refractivity contribution in [2.24, 2.45) is 0 Å². The fourth-order valence-electron chi connectivity index (χ4n) is 2.14. The third-order valence-corrected chi connectivity index (χ3v) is 3.76. The van der Waals surface area contributed by atoms with Crippen molar-refractivity contribution in [1.29, 1.82) is 0 Å². The van der Waals surface area contributed by atoms with Crippen LogP contribution >= 0.6 is 23.2 Å². The molecule has 22 heavy (non-hydrogen) atoms.